The monoisotopic (exact) mass is 268 g/mol. The molecular weight excluding hydrogens is 252 g/mol. The van der Waals surface area contributed by atoms with Gasteiger partial charge in [0.15, 0.2) is 0 Å². The average Bonchev–Trinajstić information content (AvgIpc) is 3.04. The van der Waals surface area contributed by atoms with Crippen LogP contribution in [0.3, 0.4) is 0 Å². The van der Waals surface area contributed by atoms with Crippen molar-refractivity contribution < 1.29 is 5.11 Å². The van der Waals surface area contributed by atoms with Crippen LogP contribution in [0.4, 0.5) is 0 Å². The molecule has 0 spiro atoms. The van der Waals surface area contributed by atoms with Crippen molar-refractivity contribution in [3.8, 4) is 0 Å². The molecule has 15 heavy (non-hydrogen) atoms. The van der Waals surface area contributed by atoms with E-state index in [0.29, 0.717) is 5.92 Å². The fourth-order valence-electron chi connectivity index (χ4n) is 2.01. The van der Waals surface area contributed by atoms with E-state index in [-0.39, 0.29) is 6.10 Å². The number of rotatable bonds is 4. The van der Waals surface area contributed by atoms with Crippen molar-refractivity contribution in [3.63, 3.8) is 0 Å². The van der Waals surface area contributed by atoms with Crippen molar-refractivity contribution in [2.45, 2.75) is 32.3 Å². The Morgan fingerprint density at radius 2 is 2.07 bits per heavy atom. The molecule has 0 radical (unpaired) electrons. The highest BCUT2D eigenvalue weighted by Gasteiger charge is 2.32. The summed E-state index contributed by atoms with van der Waals surface area (Å²) >= 11 is 3.52. The Morgan fingerprint density at radius 1 is 1.40 bits per heavy atom. The Balaban J connectivity index is 1.98. The fourth-order valence-corrected chi connectivity index (χ4v) is 2.46. The van der Waals surface area contributed by atoms with E-state index in [1.54, 1.807) is 0 Å². The molecule has 2 atom stereocenters. The molecule has 1 nitrogen and oxygen atoms in total. The van der Waals surface area contributed by atoms with Crippen LogP contribution in [0.2, 0.25) is 0 Å². The van der Waals surface area contributed by atoms with E-state index >= 15 is 0 Å². The van der Waals surface area contributed by atoms with Crippen LogP contribution < -0.4 is 0 Å². The lowest BCUT2D eigenvalue weighted by molar-refractivity contribution is 0.105. The third kappa shape index (κ3) is 2.82. The van der Waals surface area contributed by atoms with Gasteiger partial charge in [-0.25, -0.2) is 0 Å². The van der Waals surface area contributed by atoms with E-state index in [0.717, 1.165) is 16.8 Å². The van der Waals surface area contributed by atoms with Crippen LogP contribution in [0.15, 0.2) is 28.7 Å². The number of aliphatic hydroxyl groups is 1. The van der Waals surface area contributed by atoms with E-state index in [1.165, 1.54) is 18.4 Å². The molecule has 1 fully saturated rings. The standard InChI is InChI=1S/C13H17BrO/c1-9(10-6-7-10)13(15)8-11-4-2-3-5-12(11)14/h2-5,9-10,13,15H,6-8H2,1H3. The van der Waals surface area contributed by atoms with Crippen molar-refractivity contribution in [1.29, 1.82) is 0 Å². The largest absolute Gasteiger partial charge is 0.392 e. The Morgan fingerprint density at radius 3 is 2.67 bits per heavy atom. The summed E-state index contributed by atoms with van der Waals surface area (Å²) in [5.74, 6) is 1.21. The van der Waals surface area contributed by atoms with Crippen molar-refractivity contribution in [3.05, 3.63) is 34.3 Å². The molecule has 0 saturated heterocycles. The minimum absolute atomic E-state index is 0.198. The first-order valence-electron chi connectivity index (χ1n) is 5.60. The van der Waals surface area contributed by atoms with E-state index in [4.69, 9.17) is 0 Å². The number of hydrogen-bond donors (Lipinski definition) is 1. The zero-order chi connectivity index (χ0) is 10.8. The van der Waals surface area contributed by atoms with Crippen LogP contribution in [0.5, 0.6) is 0 Å². The molecule has 0 bridgehead atoms. The number of benzene rings is 1. The lowest BCUT2D eigenvalue weighted by atomic mass is 9.94. The van der Waals surface area contributed by atoms with Crippen molar-refractivity contribution in [2.75, 3.05) is 0 Å². The van der Waals surface area contributed by atoms with Crippen LogP contribution >= 0.6 is 15.9 Å². The number of aliphatic hydroxyl groups excluding tert-OH is 1. The maximum Gasteiger partial charge on any atom is 0.0609 e. The summed E-state index contributed by atoms with van der Waals surface area (Å²) < 4.78 is 1.10. The summed E-state index contributed by atoms with van der Waals surface area (Å²) in [6.45, 7) is 2.17. The Kier molecular flexibility index (Phi) is 3.47. The highest BCUT2D eigenvalue weighted by atomic mass is 79.9. The molecule has 0 heterocycles. The van der Waals surface area contributed by atoms with Gasteiger partial charge < -0.3 is 5.11 Å². The number of halogens is 1. The summed E-state index contributed by atoms with van der Waals surface area (Å²) in [7, 11) is 0. The van der Waals surface area contributed by atoms with Gasteiger partial charge in [-0.05, 0) is 42.7 Å². The molecule has 1 N–H and O–H groups in total. The minimum Gasteiger partial charge on any atom is -0.392 e. The predicted molar refractivity (Wildman–Crippen MR) is 65.7 cm³/mol. The van der Waals surface area contributed by atoms with Gasteiger partial charge in [0.25, 0.3) is 0 Å². The minimum atomic E-state index is -0.198. The summed E-state index contributed by atoms with van der Waals surface area (Å²) in [5, 5.41) is 10.1. The van der Waals surface area contributed by atoms with Crippen molar-refractivity contribution >= 4 is 15.9 Å². The second-order valence-corrected chi connectivity index (χ2v) is 5.41. The van der Waals surface area contributed by atoms with Crippen molar-refractivity contribution in [2.24, 2.45) is 11.8 Å². The maximum atomic E-state index is 10.1. The van der Waals surface area contributed by atoms with E-state index < -0.39 is 0 Å². The molecule has 1 saturated carbocycles. The molecule has 1 aromatic rings. The topological polar surface area (TPSA) is 20.2 Å². The Labute approximate surface area is 99.6 Å². The van der Waals surface area contributed by atoms with Crippen LogP contribution in [0, 0.1) is 11.8 Å². The Bertz CT molecular complexity index is 333. The second-order valence-electron chi connectivity index (χ2n) is 4.56. The van der Waals surface area contributed by atoms with Gasteiger partial charge in [0.1, 0.15) is 0 Å². The smallest absolute Gasteiger partial charge is 0.0609 e. The van der Waals surface area contributed by atoms with E-state index in [2.05, 4.69) is 28.9 Å². The predicted octanol–water partition coefficient (Wildman–Crippen LogP) is 3.40. The summed E-state index contributed by atoms with van der Waals surface area (Å²) in [6.07, 6.45) is 3.16. The van der Waals surface area contributed by atoms with Crippen molar-refractivity contribution in [1.82, 2.24) is 0 Å². The lowest BCUT2D eigenvalue weighted by Gasteiger charge is -2.18. The third-order valence-corrected chi connectivity index (χ3v) is 4.13. The van der Waals surface area contributed by atoms with Gasteiger partial charge in [0.2, 0.25) is 0 Å². The normalized spacial score (nSPS) is 19.9. The van der Waals surface area contributed by atoms with E-state index in [9.17, 15) is 5.11 Å². The molecule has 1 aromatic carbocycles. The first-order valence-corrected chi connectivity index (χ1v) is 6.39. The maximum absolute atomic E-state index is 10.1. The van der Waals surface area contributed by atoms with E-state index in [1.807, 2.05) is 18.2 Å². The molecule has 1 aliphatic carbocycles. The van der Waals surface area contributed by atoms with Gasteiger partial charge in [-0.2, -0.15) is 0 Å². The van der Waals surface area contributed by atoms with Gasteiger partial charge in [0.05, 0.1) is 6.10 Å². The summed E-state index contributed by atoms with van der Waals surface area (Å²) in [4.78, 5) is 0. The molecule has 0 amide bonds. The van der Waals surface area contributed by atoms with Gasteiger partial charge in [0, 0.05) is 4.47 Å². The highest BCUT2D eigenvalue weighted by molar-refractivity contribution is 9.10. The zero-order valence-corrected chi connectivity index (χ0v) is 10.6. The SMILES string of the molecule is CC(C(O)Cc1ccccc1Br)C1CC1. The molecule has 0 aromatic heterocycles. The third-order valence-electron chi connectivity index (χ3n) is 3.36. The highest BCUT2D eigenvalue weighted by Crippen LogP contribution is 2.39. The van der Waals surface area contributed by atoms with Gasteiger partial charge in [-0.15, -0.1) is 0 Å². The number of hydrogen-bond acceptors (Lipinski definition) is 1. The zero-order valence-electron chi connectivity index (χ0n) is 8.99. The first-order chi connectivity index (χ1) is 7.18. The summed E-state index contributed by atoms with van der Waals surface area (Å²) in [6, 6.07) is 8.13. The van der Waals surface area contributed by atoms with Crippen LogP contribution in [-0.2, 0) is 6.42 Å². The van der Waals surface area contributed by atoms with Crippen LogP contribution in [0.1, 0.15) is 25.3 Å². The second kappa shape index (κ2) is 4.67. The molecule has 1 aliphatic rings. The van der Waals surface area contributed by atoms with Crippen LogP contribution in [0.25, 0.3) is 0 Å². The quantitative estimate of drug-likeness (QED) is 0.888. The van der Waals surface area contributed by atoms with Gasteiger partial charge in [-0.3, -0.25) is 0 Å². The molecule has 0 aliphatic heterocycles. The van der Waals surface area contributed by atoms with Gasteiger partial charge >= 0.3 is 0 Å². The van der Waals surface area contributed by atoms with Crippen LogP contribution in [-0.4, -0.2) is 11.2 Å². The molecule has 2 unspecified atom stereocenters. The Hall–Kier alpha value is -0.340. The molecular formula is C13H17BrO. The average molecular weight is 269 g/mol. The molecule has 2 heteroatoms. The molecule has 82 valence electrons. The molecule has 2 rings (SSSR count). The van der Waals surface area contributed by atoms with Gasteiger partial charge in [-0.1, -0.05) is 41.1 Å². The summed E-state index contributed by atoms with van der Waals surface area (Å²) in [5.41, 5.74) is 1.21. The first kappa shape index (κ1) is 11.2. The fraction of sp³-hybridized carbons (Fsp3) is 0.538. The lowest BCUT2D eigenvalue weighted by Crippen LogP contribution is -2.22.